The second kappa shape index (κ2) is 7.26. The van der Waals surface area contributed by atoms with E-state index in [2.05, 4.69) is 26.1 Å². The SMILES string of the molecule is O=C(NCCN1CCSCC1)c1ccc(F)c(Br)c1. The summed E-state index contributed by atoms with van der Waals surface area (Å²) in [6, 6.07) is 4.29. The lowest BCUT2D eigenvalue weighted by Crippen LogP contribution is -2.39. The third-order valence-electron chi connectivity index (χ3n) is 3.00. The van der Waals surface area contributed by atoms with Gasteiger partial charge in [0.15, 0.2) is 0 Å². The van der Waals surface area contributed by atoms with E-state index in [9.17, 15) is 9.18 Å². The smallest absolute Gasteiger partial charge is 0.251 e. The normalized spacial score (nSPS) is 16.3. The lowest BCUT2D eigenvalue weighted by Gasteiger charge is -2.25. The van der Waals surface area contributed by atoms with Crippen molar-refractivity contribution in [2.24, 2.45) is 0 Å². The standard InChI is InChI=1S/C13H16BrFN2OS/c14-11-9-10(1-2-12(11)15)13(18)16-3-4-17-5-7-19-8-6-17/h1-2,9H,3-8H2,(H,16,18). The van der Waals surface area contributed by atoms with Gasteiger partial charge in [0, 0.05) is 43.2 Å². The van der Waals surface area contributed by atoms with Crippen molar-refractivity contribution >= 4 is 33.6 Å². The Balaban J connectivity index is 1.78. The van der Waals surface area contributed by atoms with E-state index in [-0.39, 0.29) is 11.7 Å². The minimum absolute atomic E-state index is 0.160. The fraction of sp³-hybridized carbons (Fsp3) is 0.462. The number of amides is 1. The Labute approximate surface area is 125 Å². The van der Waals surface area contributed by atoms with Crippen LogP contribution in [-0.4, -0.2) is 48.5 Å². The minimum Gasteiger partial charge on any atom is -0.351 e. The highest BCUT2D eigenvalue weighted by Crippen LogP contribution is 2.16. The van der Waals surface area contributed by atoms with Crippen LogP contribution < -0.4 is 5.32 Å². The molecule has 1 aromatic rings. The molecule has 3 nitrogen and oxygen atoms in total. The van der Waals surface area contributed by atoms with Crippen LogP contribution in [0.2, 0.25) is 0 Å². The lowest BCUT2D eigenvalue weighted by molar-refractivity contribution is 0.0949. The van der Waals surface area contributed by atoms with E-state index in [1.807, 2.05) is 11.8 Å². The topological polar surface area (TPSA) is 32.3 Å². The van der Waals surface area contributed by atoms with E-state index in [1.165, 1.54) is 29.7 Å². The molecule has 0 radical (unpaired) electrons. The zero-order chi connectivity index (χ0) is 13.7. The third-order valence-corrected chi connectivity index (χ3v) is 4.55. The largest absolute Gasteiger partial charge is 0.351 e. The van der Waals surface area contributed by atoms with E-state index >= 15 is 0 Å². The maximum atomic E-state index is 13.1. The first-order chi connectivity index (χ1) is 9.16. The molecule has 19 heavy (non-hydrogen) atoms. The van der Waals surface area contributed by atoms with Gasteiger partial charge in [-0.05, 0) is 34.1 Å². The zero-order valence-electron chi connectivity index (χ0n) is 10.5. The van der Waals surface area contributed by atoms with Gasteiger partial charge in [-0.3, -0.25) is 9.69 Å². The van der Waals surface area contributed by atoms with Gasteiger partial charge in [-0.2, -0.15) is 11.8 Å². The first-order valence-electron chi connectivity index (χ1n) is 6.20. The summed E-state index contributed by atoms with van der Waals surface area (Å²) in [5.41, 5.74) is 0.475. The monoisotopic (exact) mass is 346 g/mol. The molecule has 1 fully saturated rings. The summed E-state index contributed by atoms with van der Waals surface area (Å²) in [5, 5.41) is 2.86. The second-order valence-electron chi connectivity index (χ2n) is 4.34. The van der Waals surface area contributed by atoms with Crippen LogP contribution in [-0.2, 0) is 0 Å². The number of halogens is 2. The van der Waals surface area contributed by atoms with Gasteiger partial charge in [0.2, 0.25) is 0 Å². The van der Waals surface area contributed by atoms with Crippen LogP contribution in [0.1, 0.15) is 10.4 Å². The molecule has 1 saturated heterocycles. The Morgan fingerprint density at radius 1 is 1.42 bits per heavy atom. The van der Waals surface area contributed by atoms with Crippen molar-refractivity contribution in [1.29, 1.82) is 0 Å². The quantitative estimate of drug-likeness (QED) is 0.908. The molecule has 0 unspecified atom stereocenters. The summed E-state index contributed by atoms with van der Waals surface area (Å²) in [5.74, 6) is 1.81. The van der Waals surface area contributed by atoms with E-state index in [0.717, 1.165) is 19.6 Å². The summed E-state index contributed by atoms with van der Waals surface area (Å²) >= 11 is 5.05. The van der Waals surface area contributed by atoms with Crippen molar-refractivity contribution in [3.8, 4) is 0 Å². The molecule has 0 saturated carbocycles. The Hall–Kier alpha value is -0.590. The van der Waals surface area contributed by atoms with E-state index in [0.29, 0.717) is 16.6 Å². The Morgan fingerprint density at radius 2 is 2.16 bits per heavy atom. The van der Waals surface area contributed by atoms with Crippen LogP contribution >= 0.6 is 27.7 Å². The number of nitrogens with zero attached hydrogens (tertiary/aromatic N) is 1. The molecule has 0 spiro atoms. The number of carbonyl (C=O) groups excluding carboxylic acids is 1. The molecule has 0 atom stereocenters. The first kappa shape index (κ1) is 14.8. The minimum atomic E-state index is -0.359. The van der Waals surface area contributed by atoms with Crippen LogP contribution in [0.15, 0.2) is 22.7 Å². The maximum absolute atomic E-state index is 13.1. The first-order valence-corrected chi connectivity index (χ1v) is 8.15. The third kappa shape index (κ3) is 4.47. The Kier molecular flexibility index (Phi) is 5.66. The van der Waals surface area contributed by atoms with Crippen molar-refractivity contribution in [3.05, 3.63) is 34.1 Å². The fourth-order valence-corrected chi connectivity index (χ4v) is 3.25. The number of rotatable bonds is 4. The Bertz CT molecular complexity index is 452. The molecule has 1 aromatic carbocycles. The van der Waals surface area contributed by atoms with Crippen molar-refractivity contribution in [1.82, 2.24) is 10.2 Å². The summed E-state index contributed by atoms with van der Waals surface area (Å²) in [7, 11) is 0. The number of thioether (sulfide) groups is 1. The Morgan fingerprint density at radius 3 is 2.84 bits per heavy atom. The number of hydrogen-bond acceptors (Lipinski definition) is 3. The molecule has 1 aliphatic rings. The van der Waals surface area contributed by atoms with Crippen LogP contribution in [0, 0.1) is 5.82 Å². The van der Waals surface area contributed by atoms with Crippen molar-refractivity contribution in [3.63, 3.8) is 0 Å². The van der Waals surface area contributed by atoms with Gasteiger partial charge in [0.05, 0.1) is 4.47 Å². The summed E-state index contributed by atoms with van der Waals surface area (Å²) in [4.78, 5) is 14.2. The van der Waals surface area contributed by atoms with Gasteiger partial charge in [0.25, 0.3) is 5.91 Å². The molecular formula is C13H16BrFN2OS. The van der Waals surface area contributed by atoms with Crippen LogP contribution in [0.5, 0.6) is 0 Å². The molecule has 104 valence electrons. The highest BCUT2D eigenvalue weighted by atomic mass is 79.9. The van der Waals surface area contributed by atoms with Crippen LogP contribution in [0.4, 0.5) is 4.39 Å². The predicted octanol–water partition coefficient (Wildman–Crippen LogP) is 2.37. The molecule has 1 amide bonds. The molecular weight excluding hydrogens is 331 g/mol. The highest BCUT2D eigenvalue weighted by Gasteiger charge is 2.11. The molecule has 0 aliphatic carbocycles. The maximum Gasteiger partial charge on any atom is 0.251 e. The highest BCUT2D eigenvalue weighted by molar-refractivity contribution is 9.10. The van der Waals surface area contributed by atoms with E-state index < -0.39 is 0 Å². The molecule has 0 aromatic heterocycles. The molecule has 1 heterocycles. The van der Waals surface area contributed by atoms with Crippen molar-refractivity contribution in [2.45, 2.75) is 0 Å². The van der Waals surface area contributed by atoms with Crippen LogP contribution in [0.3, 0.4) is 0 Å². The molecule has 2 rings (SSSR count). The van der Waals surface area contributed by atoms with E-state index in [4.69, 9.17) is 0 Å². The lowest BCUT2D eigenvalue weighted by atomic mass is 10.2. The predicted molar refractivity (Wildman–Crippen MR) is 80.2 cm³/mol. The van der Waals surface area contributed by atoms with Crippen molar-refractivity contribution < 1.29 is 9.18 Å². The van der Waals surface area contributed by atoms with E-state index in [1.54, 1.807) is 0 Å². The number of hydrogen-bond donors (Lipinski definition) is 1. The second-order valence-corrected chi connectivity index (χ2v) is 6.42. The number of benzene rings is 1. The number of nitrogens with one attached hydrogen (secondary N) is 1. The molecule has 1 N–H and O–H groups in total. The summed E-state index contributed by atoms with van der Waals surface area (Å²) in [6.07, 6.45) is 0. The molecule has 1 aliphatic heterocycles. The van der Waals surface area contributed by atoms with Crippen molar-refractivity contribution in [2.75, 3.05) is 37.7 Å². The molecule has 6 heteroatoms. The van der Waals surface area contributed by atoms with Gasteiger partial charge in [-0.1, -0.05) is 0 Å². The average Bonchev–Trinajstić information content (AvgIpc) is 2.43. The van der Waals surface area contributed by atoms with Gasteiger partial charge < -0.3 is 5.32 Å². The van der Waals surface area contributed by atoms with Gasteiger partial charge in [0.1, 0.15) is 5.82 Å². The molecule has 0 bridgehead atoms. The van der Waals surface area contributed by atoms with Crippen LogP contribution in [0.25, 0.3) is 0 Å². The number of carbonyl (C=O) groups is 1. The van der Waals surface area contributed by atoms with Gasteiger partial charge >= 0.3 is 0 Å². The average molecular weight is 347 g/mol. The summed E-state index contributed by atoms with van der Waals surface area (Å²) in [6.45, 7) is 3.67. The van der Waals surface area contributed by atoms with Gasteiger partial charge in [-0.15, -0.1) is 0 Å². The zero-order valence-corrected chi connectivity index (χ0v) is 12.9. The fourth-order valence-electron chi connectivity index (χ4n) is 1.89. The van der Waals surface area contributed by atoms with Gasteiger partial charge in [-0.25, -0.2) is 4.39 Å². The summed E-state index contributed by atoms with van der Waals surface area (Å²) < 4.78 is 13.4.